The first-order chi connectivity index (χ1) is 8.75. The van der Waals surface area contributed by atoms with E-state index < -0.39 is 6.10 Å². The molecule has 2 nitrogen and oxygen atoms in total. The van der Waals surface area contributed by atoms with Crippen LogP contribution < -0.4 is 5.73 Å². The summed E-state index contributed by atoms with van der Waals surface area (Å²) in [6.45, 7) is 2.24. The van der Waals surface area contributed by atoms with Crippen molar-refractivity contribution in [1.82, 2.24) is 0 Å². The summed E-state index contributed by atoms with van der Waals surface area (Å²) in [5.74, 6) is 0. The van der Waals surface area contributed by atoms with Gasteiger partial charge in [-0.15, -0.1) is 0 Å². The van der Waals surface area contributed by atoms with E-state index >= 15 is 0 Å². The number of nitrogens with two attached hydrogens (primary N) is 1. The molecule has 0 fully saturated rings. The summed E-state index contributed by atoms with van der Waals surface area (Å²) in [6, 6.07) is 7.60. The molecule has 0 aliphatic heterocycles. The van der Waals surface area contributed by atoms with Crippen molar-refractivity contribution >= 4 is 5.69 Å². The largest absolute Gasteiger partial charge is 0.398 e. The van der Waals surface area contributed by atoms with E-state index in [4.69, 9.17) is 5.73 Å². The number of aliphatic hydroxyl groups is 1. The zero-order valence-corrected chi connectivity index (χ0v) is 11.6. The number of hydrogen-bond acceptors (Lipinski definition) is 2. The molecule has 1 aromatic rings. The molecule has 0 saturated carbocycles. The Balaban J connectivity index is 2.14. The number of unbranched alkanes of at least 4 members (excludes halogenated alkanes) is 6. The summed E-state index contributed by atoms with van der Waals surface area (Å²) in [7, 11) is 0. The van der Waals surface area contributed by atoms with Crippen LogP contribution in [-0.4, -0.2) is 5.11 Å². The van der Waals surface area contributed by atoms with Gasteiger partial charge < -0.3 is 10.8 Å². The first kappa shape index (κ1) is 15.0. The Morgan fingerprint density at radius 1 is 1.00 bits per heavy atom. The number of hydrogen-bond donors (Lipinski definition) is 2. The fraction of sp³-hybridized carbons (Fsp3) is 0.625. The molecule has 1 unspecified atom stereocenters. The molecule has 0 aromatic heterocycles. The monoisotopic (exact) mass is 249 g/mol. The zero-order chi connectivity index (χ0) is 13.2. The second-order valence-corrected chi connectivity index (χ2v) is 5.05. The minimum Gasteiger partial charge on any atom is -0.398 e. The van der Waals surface area contributed by atoms with Gasteiger partial charge in [-0.1, -0.05) is 70.1 Å². The molecule has 1 rings (SSSR count). The molecule has 3 N–H and O–H groups in total. The highest BCUT2D eigenvalue weighted by Crippen LogP contribution is 2.24. The molecule has 0 aliphatic carbocycles. The number of para-hydroxylation sites is 1. The molecular weight excluding hydrogens is 222 g/mol. The van der Waals surface area contributed by atoms with Crippen LogP contribution in [0.4, 0.5) is 5.69 Å². The predicted octanol–water partition coefficient (Wildman–Crippen LogP) is 4.44. The lowest BCUT2D eigenvalue weighted by atomic mass is 10.0. The van der Waals surface area contributed by atoms with Crippen LogP contribution in [0.2, 0.25) is 0 Å². The minimum absolute atomic E-state index is 0.401. The maximum absolute atomic E-state index is 10.1. The average molecular weight is 249 g/mol. The molecule has 1 aromatic carbocycles. The highest BCUT2D eigenvalue weighted by Gasteiger charge is 2.09. The Morgan fingerprint density at radius 2 is 1.61 bits per heavy atom. The fourth-order valence-corrected chi connectivity index (χ4v) is 2.26. The lowest BCUT2D eigenvalue weighted by Gasteiger charge is -2.13. The van der Waals surface area contributed by atoms with Crippen molar-refractivity contribution in [3.05, 3.63) is 29.8 Å². The first-order valence-electron chi connectivity index (χ1n) is 7.28. The van der Waals surface area contributed by atoms with E-state index in [1.807, 2.05) is 24.3 Å². The molecule has 0 spiro atoms. The SMILES string of the molecule is CCCCCCCCCC(O)c1ccccc1N. The third-order valence-electron chi connectivity index (χ3n) is 3.44. The van der Waals surface area contributed by atoms with Gasteiger partial charge in [-0.05, 0) is 12.5 Å². The maximum atomic E-state index is 10.1. The van der Waals surface area contributed by atoms with Gasteiger partial charge in [-0.2, -0.15) is 0 Å². The standard InChI is InChI=1S/C16H27NO/c1-2-3-4-5-6-7-8-13-16(18)14-11-9-10-12-15(14)17/h9-12,16,18H,2-8,13,17H2,1H3. The molecule has 0 amide bonds. The molecule has 0 bridgehead atoms. The smallest absolute Gasteiger partial charge is 0.0809 e. The molecular formula is C16H27NO. The van der Waals surface area contributed by atoms with Crippen LogP contribution >= 0.6 is 0 Å². The summed E-state index contributed by atoms with van der Waals surface area (Å²) in [4.78, 5) is 0. The lowest BCUT2D eigenvalue weighted by molar-refractivity contribution is 0.164. The highest BCUT2D eigenvalue weighted by molar-refractivity contribution is 5.47. The zero-order valence-electron chi connectivity index (χ0n) is 11.6. The predicted molar refractivity (Wildman–Crippen MR) is 78.4 cm³/mol. The molecule has 0 heterocycles. The van der Waals surface area contributed by atoms with Crippen LogP contribution in [0.1, 0.15) is 70.0 Å². The molecule has 102 valence electrons. The van der Waals surface area contributed by atoms with Crippen LogP contribution in [-0.2, 0) is 0 Å². The van der Waals surface area contributed by atoms with Crippen molar-refractivity contribution < 1.29 is 5.11 Å². The normalized spacial score (nSPS) is 12.6. The first-order valence-corrected chi connectivity index (χ1v) is 7.28. The lowest BCUT2D eigenvalue weighted by Crippen LogP contribution is -2.01. The van der Waals surface area contributed by atoms with Crippen molar-refractivity contribution in [3.8, 4) is 0 Å². The van der Waals surface area contributed by atoms with Crippen molar-refractivity contribution in [2.75, 3.05) is 5.73 Å². The topological polar surface area (TPSA) is 46.2 Å². The number of benzene rings is 1. The summed E-state index contributed by atoms with van der Waals surface area (Å²) in [5.41, 5.74) is 7.43. The van der Waals surface area contributed by atoms with Crippen molar-refractivity contribution in [2.24, 2.45) is 0 Å². The van der Waals surface area contributed by atoms with Gasteiger partial charge in [0.25, 0.3) is 0 Å². The van der Waals surface area contributed by atoms with Crippen LogP contribution in [0.15, 0.2) is 24.3 Å². The van der Waals surface area contributed by atoms with E-state index in [0.717, 1.165) is 18.4 Å². The van der Waals surface area contributed by atoms with Crippen LogP contribution in [0.25, 0.3) is 0 Å². The fourth-order valence-electron chi connectivity index (χ4n) is 2.26. The second-order valence-electron chi connectivity index (χ2n) is 5.05. The van der Waals surface area contributed by atoms with Gasteiger partial charge in [-0.25, -0.2) is 0 Å². The molecule has 2 heteroatoms. The molecule has 1 atom stereocenters. The van der Waals surface area contributed by atoms with E-state index in [1.165, 1.54) is 38.5 Å². The number of aliphatic hydroxyl groups excluding tert-OH is 1. The molecule has 0 radical (unpaired) electrons. The Bertz CT molecular complexity index is 325. The van der Waals surface area contributed by atoms with Crippen LogP contribution in [0.5, 0.6) is 0 Å². The van der Waals surface area contributed by atoms with Crippen molar-refractivity contribution in [2.45, 2.75) is 64.4 Å². The van der Waals surface area contributed by atoms with Gasteiger partial charge in [0.05, 0.1) is 6.10 Å². The minimum atomic E-state index is -0.401. The van der Waals surface area contributed by atoms with Crippen LogP contribution in [0, 0.1) is 0 Å². The van der Waals surface area contributed by atoms with Gasteiger partial charge in [0.15, 0.2) is 0 Å². The van der Waals surface area contributed by atoms with Crippen LogP contribution in [0.3, 0.4) is 0 Å². The number of rotatable bonds is 9. The van der Waals surface area contributed by atoms with Gasteiger partial charge in [0.1, 0.15) is 0 Å². The molecule has 0 aliphatic rings. The Kier molecular flexibility index (Phi) is 7.51. The summed E-state index contributed by atoms with van der Waals surface area (Å²) >= 11 is 0. The maximum Gasteiger partial charge on any atom is 0.0809 e. The average Bonchev–Trinajstić information content (AvgIpc) is 2.38. The Labute approximate surface area is 111 Å². The van der Waals surface area contributed by atoms with Crippen molar-refractivity contribution in [3.63, 3.8) is 0 Å². The molecule has 0 saturated heterocycles. The Hall–Kier alpha value is -1.02. The highest BCUT2D eigenvalue weighted by atomic mass is 16.3. The second kappa shape index (κ2) is 8.98. The van der Waals surface area contributed by atoms with E-state index in [-0.39, 0.29) is 0 Å². The van der Waals surface area contributed by atoms with Gasteiger partial charge >= 0.3 is 0 Å². The van der Waals surface area contributed by atoms with Gasteiger partial charge in [0.2, 0.25) is 0 Å². The Morgan fingerprint density at radius 3 is 2.28 bits per heavy atom. The number of anilines is 1. The van der Waals surface area contributed by atoms with E-state index in [2.05, 4.69) is 6.92 Å². The quantitative estimate of drug-likeness (QED) is 0.502. The molecule has 18 heavy (non-hydrogen) atoms. The summed E-state index contributed by atoms with van der Waals surface area (Å²) < 4.78 is 0. The van der Waals surface area contributed by atoms with Gasteiger partial charge in [-0.3, -0.25) is 0 Å². The summed E-state index contributed by atoms with van der Waals surface area (Å²) in [6.07, 6.45) is 9.34. The number of nitrogen functional groups attached to an aromatic ring is 1. The van der Waals surface area contributed by atoms with E-state index in [1.54, 1.807) is 0 Å². The van der Waals surface area contributed by atoms with E-state index in [9.17, 15) is 5.11 Å². The summed E-state index contributed by atoms with van der Waals surface area (Å²) in [5, 5.41) is 10.1. The van der Waals surface area contributed by atoms with Gasteiger partial charge in [0, 0.05) is 11.3 Å². The van der Waals surface area contributed by atoms with Crippen molar-refractivity contribution in [1.29, 1.82) is 0 Å². The third kappa shape index (κ3) is 5.54. The third-order valence-corrected chi connectivity index (χ3v) is 3.44. The van der Waals surface area contributed by atoms with E-state index in [0.29, 0.717) is 5.69 Å².